The molecular formula is C18H20ClN. The molecule has 0 unspecified atom stereocenters. The van der Waals surface area contributed by atoms with Gasteiger partial charge in [0, 0.05) is 24.0 Å². The summed E-state index contributed by atoms with van der Waals surface area (Å²) in [4.78, 5) is 0. The first-order valence-electron chi connectivity index (χ1n) is 7.17. The Balaban J connectivity index is 1.85. The standard InChI is InChI=1S/C18H20ClN/c1-18(11-14-5-3-2-4-6-14)13-20-12-17(18)15-7-9-16(19)10-8-15/h2-10,17,20H,11-13H2,1H3/t17-,18-/m1/s1. The van der Waals surface area contributed by atoms with Crippen LogP contribution in [0, 0.1) is 5.41 Å². The molecule has 0 saturated carbocycles. The molecule has 1 aliphatic rings. The molecule has 2 aromatic carbocycles. The van der Waals surface area contributed by atoms with Crippen LogP contribution in [0.2, 0.25) is 5.02 Å². The van der Waals surface area contributed by atoms with Crippen LogP contribution in [-0.4, -0.2) is 13.1 Å². The zero-order chi connectivity index (χ0) is 14.0. The lowest BCUT2D eigenvalue weighted by Crippen LogP contribution is -2.27. The van der Waals surface area contributed by atoms with Gasteiger partial charge in [-0.15, -0.1) is 0 Å². The molecule has 1 N–H and O–H groups in total. The van der Waals surface area contributed by atoms with E-state index in [0.29, 0.717) is 5.92 Å². The summed E-state index contributed by atoms with van der Waals surface area (Å²) in [5.41, 5.74) is 3.06. The van der Waals surface area contributed by atoms with Gasteiger partial charge in [0.05, 0.1) is 0 Å². The zero-order valence-electron chi connectivity index (χ0n) is 11.8. The van der Waals surface area contributed by atoms with Crippen molar-refractivity contribution in [2.45, 2.75) is 19.3 Å². The van der Waals surface area contributed by atoms with Crippen molar-refractivity contribution in [3.05, 3.63) is 70.7 Å². The average molecular weight is 286 g/mol. The van der Waals surface area contributed by atoms with E-state index >= 15 is 0 Å². The van der Waals surface area contributed by atoms with Crippen LogP contribution in [0.4, 0.5) is 0 Å². The first-order chi connectivity index (χ1) is 9.67. The minimum Gasteiger partial charge on any atom is -0.316 e. The van der Waals surface area contributed by atoms with Gasteiger partial charge in [-0.3, -0.25) is 0 Å². The van der Waals surface area contributed by atoms with Crippen molar-refractivity contribution in [1.82, 2.24) is 5.32 Å². The van der Waals surface area contributed by atoms with E-state index in [9.17, 15) is 0 Å². The summed E-state index contributed by atoms with van der Waals surface area (Å²) in [6, 6.07) is 19.1. The van der Waals surface area contributed by atoms with Gasteiger partial charge in [-0.1, -0.05) is 61.0 Å². The second kappa shape index (κ2) is 5.59. The van der Waals surface area contributed by atoms with E-state index in [1.54, 1.807) is 0 Å². The fourth-order valence-electron chi connectivity index (χ4n) is 3.33. The highest BCUT2D eigenvalue weighted by Crippen LogP contribution is 2.41. The molecule has 2 heteroatoms. The molecule has 1 nitrogen and oxygen atoms in total. The van der Waals surface area contributed by atoms with Crippen LogP contribution in [0.3, 0.4) is 0 Å². The monoisotopic (exact) mass is 285 g/mol. The molecule has 0 radical (unpaired) electrons. The predicted molar refractivity (Wildman–Crippen MR) is 85.3 cm³/mol. The van der Waals surface area contributed by atoms with Gasteiger partial charge in [0.2, 0.25) is 0 Å². The van der Waals surface area contributed by atoms with Crippen molar-refractivity contribution < 1.29 is 0 Å². The Labute approximate surface area is 126 Å². The van der Waals surface area contributed by atoms with Gasteiger partial charge in [0.25, 0.3) is 0 Å². The molecule has 0 bridgehead atoms. The maximum atomic E-state index is 6.00. The number of hydrogen-bond donors (Lipinski definition) is 1. The van der Waals surface area contributed by atoms with E-state index in [-0.39, 0.29) is 5.41 Å². The lowest BCUT2D eigenvalue weighted by molar-refractivity contribution is 0.319. The Bertz CT molecular complexity index is 564. The normalized spacial score (nSPS) is 25.8. The van der Waals surface area contributed by atoms with Crippen molar-refractivity contribution in [2.75, 3.05) is 13.1 Å². The molecule has 3 rings (SSSR count). The third kappa shape index (κ3) is 2.74. The quantitative estimate of drug-likeness (QED) is 0.888. The summed E-state index contributed by atoms with van der Waals surface area (Å²) >= 11 is 6.00. The van der Waals surface area contributed by atoms with Crippen LogP contribution in [0.15, 0.2) is 54.6 Å². The SMILES string of the molecule is C[C@@]1(Cc2ccccc2)CNC[C@@H]1c1ccc(Cl)cc1. The molecule has 0 aromatic heterocycles. The minimum absolute atomic E-state index is 0.259. The fourth-order valence-corrected chi connectivity index (χ4v) is 3.46. The van der Waals surface area contributed by atoms with Gasteiger partial charge < -0.3 is 5.32 Å². The zero-order valence-corrected chi connectivity index (χ0v) is 12.5. The van der Waals surface area contributed by atoms with Crippen molar-refractivity contribution in [3.8, 4) is 0 Å². The van der Waals surface area contributed by atoms with E-state index in [4.69, 9.17) is 11.6 Å². The first kappa shape index (κ1) is 13.7. The number of hydrogen-bond acceptors (Lipinski definition) is 1. The van der Waals surface area contributed by atoms with E-state index in [1.165, 1.54) is 11.1 Å². The Hall–Kier alpha value is -1.31. The maximum absolute atomic E-state index is 6.00. The van der Waals surface area contributed by atoms with Crippen LogP contribution in [-0.2, 0) is 6.42 Å². The first-order valence-corrected chi connectivity index (χ1v) is 7.55. The molecule has 1 aliphatic heterocycles. The molecule has 104 valence electrons. The second-order valence-corrected chi connectivity index (χ2v) is 6.49. The van der Waals surface area contributed by atoms with Crippen molar-refractivity contribution in [1.29, 1.82) is 0 Å². The van der Waals surface area contributed by atoms with Gasteiger partial charge >= 0.3 is 0 Å². The van der Waals surface area contributed by atoms with Gasteiger partial charge in [0.1, 0.15) is 0 Å². The lowest BCUT2D eigenvalue weighted by Gasteiger charge is -2.31. The Kier molecular flexibility index (Phi) is 3.82. The van der Waals surface area contributed by atoms with E-state index in [1.807, 2.05) is 12.1 Å². The highest BCUT2D eigenvalue weighted by atomic mass is 35.5. The smallest absolute Gasteiger partial charge is 0.0406 e. The van der Waals surface area contributed by atoms with Crippen molar-refractivity contribution in [2.24, 2.45) is 5.41 Å². The Morgan fingerprint density at radius 3 is 2.50 bits per heavy atom. The summed E-state index contributed by atoms with van der Waals surface area (Å²) in [6.45, 7) is 4.50. The maximum Gasteiger partial charge on any atom is 0.0406 e. The molecule has 20 heavy (non-hydrogen) atoms. The van der Waals surface area contributed by atoms with Crippen LogP contribution >= 0.6 is 11.6 Å². The Morgan fingerprint density at radius 2 is 1.80 bits per heavy atom. The minimum atomic E-state index is 0.259. The molecule has 2 aromatic rings. The number of nitrogens with one attached hydrogen (secondary N) is 1. The molecule has 1 saturated heterocycles. The highest BCUT2D eigenvalue weighted by molar-refractivity contribution is 6.30. The summed E-state index contributed by atoms with van der Waals surface area (Å²) in [5, 5.41) is 4.37. The topological polar surface area (TPSA) is 12.0 Å². The summed E-state index contributed by atoms with van der Waals surface area (Å²) < 4.78 is 0. The van der Waals surface area contributed by atoms with Crippen molar-refractivity contribution >= 4 is 11.6 Å². The predicted octanol–water partition coefficient (Wildman–Crippen LogP) is 4.28. The van der Waals surface area contributed by atoms with Crippen LogP contribution < -0.4 is 5.32 Å². The van der Waals surface area contributed by atoms with Gasteiger partial charge in [-0.05, 0) is 35.1 Å². The van der Waals surface area contributed by atoms with Crippen LogP contribution in [0.5, 0.6) is 0 Å². The largest absolute Gasteiger partial charge is 0.316 e. The number of rotatable bonds is 3. The van der Waals surface area contributed by atoms with Gasteiger partial charge in [0.15, 0.2) is 0 Å². The summed E-state index contributed by atoms with van der Waals surface area (Å²) in [5.74, 6) is 0.542. The fraction of sp³-hybridized carbons (Fsp3) is 0.333. The van der Waals surface area contributed by atoms with E-state index in [2.05, 4.69) is 54.7 Å². The van der Waals surface area contributed by atoms with E-state index < -0.39 is 0 Å². The third-order valence-corrected chi connectivity index (χ3v) is 4.69. The molecular weight excluding hydrogens is 266 g/mol. The summed E-state index contributed by atoms with van der Waals surface area (Å²) in [6.07, 6.45) is 1.11. The van der Waals surface area contributed by atoms with Gasteiger partial charge in [-0.25, -0.2) is 0 Å². The van der Waals surface area contributed by atoms with Crippen LogP contribution in [0.1, 0.15) is 24.0 Å². The molecule has 1 fully saturated rings. The molecule has 1 heterocycles. The number of halogens is 1. The second-order valence-electron chi connectivity index (χ2n) is 6.05. The molecule has 0 amide bonds. The van der Waals surface area contributed by atoms with Crippen LogP contribution in [0.25, 0.3) is 0 Å². The van der Waals surface area contributed by atoms with Gasteiger partial charge in [-0.2, -0.15) is 0 Å². The van der Waals surface area contributed by atoms with Crippen molar-refractivity contribution in [3.63, 3.8) is 0 Å². The lowest BCUT2D eigenvalue weighted by atomic mass is 9.72. The third-order valence-electron chi connectivity index (χ3n) is 4.44. The number of benzene rings is 2. The Morgan fingerprint density at radius 1 is 1.10 bits per heavy atom. The molecule has 0 spiro atoms. The summed E-state index contributed by atoms with van der Waals surface area (Å²) in [7, 11) is 0. The molecule has 0 aliphatic carbocycles. The molecule has 2 atom stereocenters. The highest BCUT2D eigenvalue weighted by Gasteiger charge is 2.39. The van der Waals surface area contributed by atoms with E-state index in [0.717, 1.165) is 24.5 Å². The average Bonchev–Trinajstić information content (AvgIpc) is 2.82.